The highest BCUT2D eigenvalue weighted by atomic mass is 16.3. The third kappa shape index (κ3) is 4.12. The lowest BCUT2D eigenvalue weighted by Gasteiger charge is -2.23. The van der Waals surface area contributed by atoms with Crippen molar-refractivity contribution in [3.8, 4) is 0 Å². The Bertz CT molecular complexity index is 164. The molecule has 0 bridgehead atoms. The molecule has 4 nitrogen and oxygen atoms in total. The second-order valence-corrected chi connectivity index (χ2v) is 3.47. The highest BCUT2D eigenvalue weighted by Gasteiger charge is 2.12. The smallest absolute Gasteiger partial charge is 0.188 e. The molecule has 4 heteroatoms. The molecule has 1 saturated carbocycles. The molecule has 13 heavy (non-hydrogen) atoms. The fourth-order valence-corrected chi connectivity index (χ4v) is 1.67. The van der Waals surface area contributed by atoms with E-state index in [0.717, 1.165) is 0 Å². The van der Waals surface area contributed by atoms with E-state index in [0.29, 0.717) is 18.5 Å². The van der Waals surface area contributed by atoms with Crippen LogP contribution in [-0.4, -0.2) is 30.3 Å². The summed E-state index contributed by atoms with van der Waals surface area (Å²) < 4.78 is 0. The number of aliphatic hydroxyl groups excluding tert-OH is 1. The molecular weight excluding hydrogens is 166 g/mol. The monoisotopic (exact) mass is 185 g/mol. The van der Waals surface area contributed by atoms with Crippen molar-refractivity contribution >= 4 is 5.96 Å². The van der Waals surface area contributed by atoms with Crippen LogP contribution in [0.15, 0.2) is 4.99 Å². The molecular formula is C9H19N3O. The molecule has 0 aromatic carbocycles. The van der Waals surface area contributed by atoms with Gasteiger partial charge in [0.15, 0.2) is 5.96 Å². The van der Waals surface area contributed by atoms with Gasteiger partial charge in [-0.15, -0.1) is 0 Å². The number of rotatable bonds is 3. The molecule has 1 fully saturated rings. The van der Waals surface area contributed by atoms with Crippen LogP contribution in [0, 0.1) is 0 Å². The van der Waals surface area contributed by atoms with Crippen LogP contribution in [0.5, 0.6) is 0 Å². The highest BCUT2D eigenvalue weighted by molar-refractivity contribution is 5.78. The minimum absolute atomic E-state index is 0.0625. The molecule has 1 rings (SSSR count). The predicted octanol–water partition coefficient (Wildman–Crippen LogP) is 0.216. The van der Waals surface area contributed by atoms with Gasteiger partial charge in [-0.3, -0.25) is 4.99 Å². The summed E-state index contributed by atoms with van der Waals surface area (Å²) in [4.78, 5) is 3.97. The van der Waals surface area contributed by atoms with Crippen molar-refractivity contribution in [3.05, 3.63) is 0 Å². The van der Waals surface area contributed by atoms with Gasteiger partial charge in [-0.2, -0.15) is 0 Å². The SMILES string of the molecule is NC(=NCCO)NC1CCCCC1. The van der Waals surface area contributed by atoms with Gasteiger partial charge < -0.3 is 16.2 Å². The number of aliphatic imine (C=N–C) groups is 1. The maximum Gasteiger partial charge on any atom is 0.188 e. The van der Waals surface area contributed by atoms with Crippen LogP contribution < -0.4 is 11.1 Å². The molecule has 0 aromatic heterocycles. The third-order valence-corrected chi connectivity index (χ3v) is 2.34. The average molecular weight is 185 g/mol. The molecule has 76 valence electrons. The number of guanidine groups is 1. The second kappa shape index (κ2) is 5.80. The summed E-state index contributed by atoms with van der Waals surface area (Å²) in [6.45, 7) is 0.457. The Labute approximate surface area is 79.2 Å². The Morgan fingerprint density at radius 1 is 1.38 bits per heavy atom. The fraction of sp³-hybridized carbons (Fsp3) is 0.889. The largest absolute Gasteiger partial charge is 0.394 e. The van der Waals surface area contributed by atoms with Gasteiger partial charge >= 0.3 is 0 Å². The van der Waals surface area contributed by atoms with E-state index in [4.69, 9.17) is 10.8 Å². The topological polar surface area (TPSA) is 70.6 Å². The summed E-state index contributed by atoms with van der Waals surface area (Å²) in [5.41, 5.74) is 5.62. The Hall–Kier alpha value is -0.770. The zero-order valence-electron chi connectivity index (χ0n) is 8.00. The summed E-state index contributed by atoms with van der Waals surface area (Å²) in [7, 11) is 0. The Kier molecular flexibility index (Phi) is 4.60. The highest BCUT2D eigenvalue weighted by Crippen LogP contribution is 2.16. The minimum Gasteiger partial charge on any atom is -0.394 e. The van der Waals surface area contributed by atoms with E-state index in [1.807, 2.05) is 0 Å². The molecule has 0 spiro atoms. The number of aliphatic hydroxyl groups is 1. The lowest BCUT2D eigenvalue weighted by atomic mass is 9.96. The molecule has 0 amide bonds. The first kappa shape index (κ1) is 10.3. The predicted molar refractivity (Wildman–Crippen MR) is 53.6 cm³/mol. The average Bonchev–Trinajstić information content (AvgIpc) is 2.16. The quantitative estimate of drug-likeness (QED) is 0.435. The van der Waals surface area contributed by atoms with Crippen molar-refractivity contribution in [1.82, 2.24) is 5.32 Å². The molecule has 0 unspecified atom stereocenters. The maximum atomic E-state index is 8.53. The first-order chi connectivity index (χ1) is 6.33. The van der Waals surface area contributed by atoms with Crippen molar-refractivity contribution in [1.29, 1.82) is 0 Å². The van der Waals surface area contributed by atoms with Gasteiger partial charge in [-0.05, 0) is 12.8 Å². The number of nitrogens with zero attached hydrogens (tertiary/aromatic N) is 1. The molecule has 0 radical (unpaired) electrons. The van der Waals surface area contributed by atoms with Crippen LogP contribution in [0.1, 0.15) is 32.1 Å². The van der Waals surface area contributed by atoms with Crippen LogP contribution in [-0.2, 0) is 0 Å². The van der Waals surface area contributed by atoms with Gasteiger partial charge in [0.2, 0.25) is 0 Å². The van der Waals surface area contributed by atoms with E-state index < -0.39 is 0 Å². The lowest BCUT2D eigenvalue weighted by Crippen LogP contribution is -2.41. The maximum absolute atomic E-state index is 8.53. The Balaban J connectivity index is 2.21. The van der Waals surface area contributed by atoms with E-state index in [9.17, 15) is 0 Å². The molecule has 0 aliphatic heterocycles. The van der Waals surface area contributed by atoms with Gasteiger partial charge in [-0.1, -0.05) is 19.3 Å². The standard InChI is InChI=1S/C9H19N3O/c10-9(11-6-7-13)12-8-4-2-1-3-5-8/h8,13H,1-7H2,(H3,10,11,12). The van der Waals surface area contributed by atoms with E-state index >= 15 is 0 Å². The van der Waals surface area contributed by atoms with Crippen LogP contribution in [0.25, 0.3) is 0 Å². The van der Waals surface area contributed by atoms with E-state index in [2.05, 4.69) is 10.3 Å². The minimum atomic E-state index is 0.0625. The van der Waals surface area contributed by atoms with E-state index in [-0.39, 0.29) is 6.61 Å². The zero-order chi connectivity index (χ0) is 9.52. The van der Waals surface area contributed by atoms with Crippen molar-refractivity contribution < 1.29 is 5.11 Å². The van der Waals surface area contributed by atoms with Crippen molar-refractivity contribution in [2.45, 2.75) is 38.1 Å². The van der Waals surface area contributed by atoms with Crippen molar-refractivity contribution in [3.63, 3.8) is 0 Å². The fourth-order valence-electron chi connectivity index (χ4n) is 1.67. The zero-order valence-corrected chi connectivity index (χ0v) is 8.00. The van der Waals surface area contributed by atoms with Crippen LogP contribution >= 0.6 is 0 Å². The number of nitrogens with one attached hydrogen (secondary N) is 1. The van der Waals surface area contributed by atoms with Crippen molar-refractivity contribution in [2.75, 3.05) is 13.2 Å². The van der Waals surface area contributed by atoms with Crippen molar-refractivity contribution in [2.24, 2.45) is 10.7 Å². The summed E-state index contributed by atoms with van der Waals surface area (Å²) in [5.74, 6) is 0.473. The molecule has 4 N–H and O–H groups in total. The number of nitrogens with two attached hydrogens (primary N) is 1. The molecule has 0 aromatic rings. The summed E-state index contributed by atoms with van der Waals surface area (Å²) >= 11 is 0. The Morgan fingerprint density at radius 2 is 2.08 bits per heavy atom. The van der Waals surface area contributed by atoms with Gasteiger partial charge in [0, 0.05) is 6.04 Å². The van der Waals surface area contributed by atoms with Crippen LogP contribution in [0.3, 0.4) is 0 Å². The van der Waals surface area contributed by atoms with Gasteiger partial charge in [-0.25, -0.2) is 0 Å². The van der Waals surface area contributed by atoms with Gasteiger partial charge in [0.05, 0.1) is 13.2 Å². The number of hydrogen-bond donors (Lipinski definition) is 3. The summed E-state index contributed by atoms with van der Waals surface area (Å²) in [5, 5.41) is 11.7. The number of hydrogen-bond acceptors (Lipinski definition) is 2. The third-order valence-electron chi connectivity index (χ3n) is 2.34. The summed E-state index contributed by atoms with van der Waals surface area (Å²) in [6, 6.07) is 0.496. The van der Waals surface area contributed by atoms with E-state index in [1.54, 1.807) is 0 Å². The molecule has 0 atom stereocenters. The summed E-state index contributed by atoms with van der Waals surface area (Å²) in [6.07, 6.45) is 6.28. The lowest BCUT2D eigenvalue weighted by molar-refractivity contribution is 0.306. The van der Waals surface area contributed by atoms with Crippen LogP contribution in [0.4, 0.5) is 0 Å². The molecule has 1 aliphatic carbocycles. The molecule has 0 heterocycles. The second-order valence-electron chi connectivity index (χ2n) is 3.47. The first-order valence-corrected chi connectivity index (χ1v) is 5.00. The van der Waals surface area contributed by atoms with Crippen LogP contribution in [0.2, 0.25) is 0 Å². The Morgan fingerprint density at radius 3 is 2.69 bits per heavy atom. The first-order valence-electron chi connectivity index (χ1n) is 5.00. The van der Waals surface area contributed by atoms with Gasteiger partial charge in [0.25, 0.3) is 0 Å². The molecule has 0 saturated heterocycles. The van der Waals surface area contributed by atoms with E-state index in [1.165, 1.54) is 32.1 Å². The molecule has 1 aliphatic rings. The van der Waals surface area contributed by atoms with Gasteiger partial charge in [0.1, 0.15) is 0 Å². The normalized spacial score (nSPS) is 20.2.